The van der Waals surface area contributed by atoms with Crippen molar-refractivity contribution in [3.05, 3.63) is 23.8 Å². The maximum absolute atomic E-state index is 9.48. The van der Waals surface area contributed by atoms with Crippen molar-refractivity contribution in [3.63, 3.8) is 0 Å². The molecule has 1 unspecified atom stereocenters. The van der Waals surface area contributed by atoms with Crippen LogP contribution in [0.3, 0.4) is 0 Å². The molecule has 0 heterocycles. The molecule has 0 amide bonds. The Morgan fingerprint density at radius 3 is 2.62 bits per heavy atom. The largest absolute Gasteiger partial charge is 0.504 e. The third-order valence-corrected chi connectivity index (χ3v) is 2.14. The fraction of sp³-hybridized carbons (Fsp3) is 0.400. The molecule has 0 spiro atoms. The normalized spacial score (nSPS) is 12.5. The molecule has 1 aromatic carbocycles. The summed E-state index contributed by atoms with van der Waals surface area (Å²) in [6, 6.07) is 5.63. The van der Waals surface area contributed by atoms with E-state index in [0.29, 0.717) is 5.75 Å². The van der Waals surface area contributed by atoms with Gasteiger partial charge < -0.3 is 15.2 Å². The van der Waals surface area contributed by atoms with Crippen LogP contribution < -0.4 is 10.1 Å². The van der Waals surface area contributed by atoms with E-state index in [-0.39, 0.29) is 11.8 Å². The minimum absolute atomic E-state index is 0.183. The molecule has 3 heteroatoms. The first-order chi connectivity index (χ1) is 6.19. The standard InChI is InChI=1S/C10H15NO2/c1-7(11-2)8-4-5-10(13-3)9(12)6-8/h4-7,11-12H,1-3H3. The van der Waals surface area contributed by atoms with E-state index >= 15 is 0 Å². The predicted octanol–water partition coefficient (Wildman–Crippen LogP) is 1.68. The van der Waals surface area contributed by atoms with Crippen molar-refractivity contribution >= 4 is 0 Å². The molecule has 0 saturated heterocycles. The quantitative estimate of drug-likeness (QED) is 0.745. The summed E-state index contributed by atoms with van der Waals surface area (Å²) in [4.78, 5) is 0. The van der Waals surface area contributed by atoms with Crippen LogP contribution in [0.1, 0.15) is 18.5 Å². The first-order valence-electron chi connectivity index (χ1n) is 4.23. The van der Waals surface area contributed by atoms with Crippen LogP contribution >= 0.6 is 0 Å². The Kier molecular flexibility index (Phi) is 3.14. The molecule has 0 aliphatic heterocycles. The molecule has 0 radical (unpaired) electrons. The number of hydrogen-bond acceptors (Lipinski definition) is 3. The number of aromatic hydroxyl groups is 1. The zero-order valence-corrected chi connectivity index (χ0v) is 8.16. The zero-order chi connectivity index (χ0) is 9.84. The minimum Gasteiger partial charge on any atom is -0.504 e. The van der Waals surface area contributed by atoms with Crippen LogP contribution in [0.5, 0.6) is 11.5 Å². The molecular weight excluding hydrogens is 166 g/mol. The molecule has 72 valence electrons. The summed E-state index contributed by atoms with van der Waals surface area (Å²) in [6.07, 6.45) is 0. The van der Waals surface area contributed by atoms with Crippen LogP contribution in [-0.4, -0.2) is 19.3 Å². The summed E-state index contributed by atoms with van der Waals surface area (Å²) in [5.74, 6) is 0.689. The molecule has 1 rings (SSSR count). The molecule has 0 aliphatic carbocycles. The minimum atomic E-state index is 0.183. The summed E-state index contributed by atoms with van der Waals surface area (Å²) in [7, 11) is 3.42. The van der Waals surface area contributed by atoms with E-state index in [0.717, 1.165) is 5.56 Å². The van der Waals surface area contributed by atoms with Gasteiger partial charge >= 0.3 is 0 Å². The second kappa shape index (κ2) is 4.14. The highest BCUT2D eigenvalue weighted by molar-refractivity contribution is 5.42. The van der Waals surface area contributed by atoms with Crippen LogP contribution in [-0.2, 0) is 0 Å². The average Bonchev–Trinajstić information content (AvgIpc) is 2.16. The van der Waals surface area contributed by atoms with Crippen molar-refractivity contribution in [2.24, 2.45) is 0 Å². The van der Waals surface area contributed by atoms with E-state index in [1.54, 1.807) is 12.1 Å². The van der Waals surface area contributed by atoms with E-state index in [2.05, 4.69) is 5.32 Å². The number of rotatable bonds is 3. The highest BCUT2D eigenvalue weighted by atomic mass is 16.5. The Hall–Kier alpha value is -1.22. The lowest BCUT2D eigenvalue weighted by Crippen LogP contribution is -2.11. The fourth-order valence-corrected chi connectivity index (χ4v) is 1.14. The third kappa shape index (κ3) is 2.12. The lowest BCUT2D eigenvalue weighted by Gasteiger charge is -2.11. The van der Waals surface area contributed by atoms with Gasteiger partial charge in [-0.05, 0) is 31.7 Å². The van der Waals surface area contributed by atoms with Crippen molar-refractivity contribution in [3.8, 4) is 11.5 Å². The Morgan fingerprint density at radius 1 is 1.46 bits per heavy atom. The zero-order valence-electron chi connectivity index (χ0n) is 8.16. The molecule has 0 saturated carbocycles. The predicted molar refractivity (Wildman–Crippen MR) is 52.1 cm³/mol. The Bertz CT molecular complexity index is 286. The van der Waals surface area contributed by atoms with Crippen LogP contribution in [0.2, 0.25) is 0 Å². The van der Waals surface area contributed by atoms with Crippen LogP contribution in [0.25, 0.3) is 0 Å². The number of hydrogen-bond donors (Lipinski definition) is 2. The summed E-state index contributed by atoms with van der Waals surface area (Å²) in [5.41, 5.74) is 1.04. The van der Waals surface area contributed by atoms with Crippen molar-refractivity contribution in [1.29, 1.82) is 0 Å². The van der Waals surface area contributed by atoms with E-state index in [4.69, 9.17) is 4.74 Å². The van der Waals surface area contributed by atoms with E-state index in [1.165, 1.54) is 7.11 Å². The van der Waals surface area contributed by atoms with Gasteiger partial charge in [0.05, 0.1) is 7.11 Å². The first kappa shape index (κ1) is 9.86. The van der Waals surface area contributed by atoms with Gasteiger partial charge in [0.2, 0.25) is 0 Å². The lowest BCUT2D eigenvalue weighted by atomic mass is 10.1. The van der Waals surface area contributed by atoms with Gasteiger partial charge in [-0.25, -0.2) is 0 Å². The van der Waals surface area contributed by atoms with Gasteiger partial charge in [0.1, 0.15) is 0 Å². The first-order valence-corrected chi connectivity index (χ1v) is 4.23. The van der Waals surface area contributed by atoms with E-state index in [1.807, 2.05) is 20.0 Å². The number of benzene rings is 1. The monoisotopic (exact) mass is 181 g/mol. The van der Waals surface area contributed by atoms with Crippen LogP contribution in [0.4, 0.5) is 0 Å². The van der Waals surface area contributed by atoms with Gasteiger partial charge in [-0.2, -0.15) is 0 Å². The molecule has 0 aromatic heterocycles. The van der Waals surface area contributed by atoms with E-state index < -0.39 is 0 Å². The topological polar surface area (TPSA) is 41.5 Å². The molecular formula is C10H15NO2. The highest BCUT2D eigenvalue weighted by Gasteiger charge is 2.06. The summed E-state index contributed by atoms with van der Waals surface area (Å²) >= 11 is 0. The highest BCUT2D eigenvalue weighted by Crippen LogP contribution is 2.28. The lowest BCUT2D eigenvalue weighted by molar-refractivity contribution is 0.372. The molecule has 0 fully saturated rings. The second-order valence-corrected chi connectivity index (χ2v) is 2.94. The Morgan fingerprint density at radius 2 is 2.15 bits per heavy atom. The molecule has 13 heavy (non-hydrogen) atoms. The van der Waals surface area contributed by atoms with Crippen molar-refractivity contribution in [2.45, 2.75) is 13.0 Å². The maximum atomic E-state index is 9.48. The number of nitrogens with one attached hydrogen (secondary N) is 1. The van der Waals surface area contributed by atoms with E-state index in [9.17, 15) is 5.11 Å². The fourth-order valence-electron chi connectivity index (χ4n) is 1.14. The Balaban J connectivity index is 2.95. The number of ether oxygens (including phenoxy) is 1. The Labute approximate surface area is 78.3 Å². The van der Waals surface area contributed by atoms with Gasteiger partial charge in [0, 0.05) is 6.04 Å². The van der Waals surface area contributed by atoms with Gasteiger partial charge in [-0.3, -0.25) is 0 Å². The third-order valence-electron chi connectivity index (χ3n) is 2.14. The SMILES string of the molecule is CNC(C)c1ccc(OC)c(O)c1. The number of phenols is 1. The molecule has 0 bridgehead atoms. The summed E-state index contributed by atoms with van der Waals surface area (Å²) in [5, 5.41) is 12.6. The smallest absolute Gasteiger partial charge is 0.160 e. The summed E-state index contributed by atoms with van der Waals surface area (Å²) in [6.45, 7) is 2.03. The van der Waals surface area contributed by atoms with Crippen LogP contribution in [0, 0.1) is 0 Å². The van der Waals surface area contributed by atoms with Crippen molar-refractivity contribution in [1.82, 2.24) is 5.32 Å². The van der Waals surface area contributed by atoms with Crippen LogP contribution in [0.15, 0.2) is 18.2 Å². The van der Waals surface area contributed by atoms with Gasteiger partial charge in [0.15, 0.2) is 11.5 Å². The maximum Gasteiger partial charge on any atom is 0.160 e. The second-order valence-electron chi connectivity index (χ2n) is 2.94. The van der Waals surface area contributed by atoms with Gasteiger partial charge in [-0.1, -0.05) is 6.07 Å². The number of phenolic OH excluding ortho intramolecular Hbond substituents is 1. The molecule has 2 N–H and O–H groups in total. The summed E-state index contributed by atoms with van der Waals surface area (Å²) < 4.78 is 4.94. The molecule has 1 atom stereocenters. The molecule has 3 nitrogen and oxygen atoms in total. The van der Waals surface area contributed by atoms with Crippen molar-refractivity contribution < 1.29 is 9.84 Å². The van der Waals surface area contributed by atoms with Gasteiger partial charge in [0.25, 0.3) is 0 Å². The number of methoxy groups -OCH3 is 1. The van der Waals surface area contributed by atoms with Gasteiger partial charge in [-0.15, -0.1) is 0 Å². The van der Waals surface area contributed by atoms with Crippen molar-refractivity contribution in [2.75, 3.05) is 14.2 Å². The molecule has 1 aromatic rings. The molecule has 0 aliphatic rings. The average molecular weight is 181 g/mol.